The molecule has 148 valence electrons. The number of Topliss-reactive ketones (excluding diaryl/α,β-unsaturated/α-hetero) is 1. The summed E-state index contributed by atoms with van der Waals surface area (Å²) in [5.74, 6) is -1.08. The van der Waals surface area contributed by atoms with Gasteiger partial charge in [0.1, 0.15) is 0 Å². The number of sulfonamides is 1. The molecule has 0 unspecified atom stereocenters. The Bertz CT molecular complexity index is 984. The first-order valence-corrected chi connectivity index (χ1v) is 11.2. The van der Waals surface area contributed by atoms with E-state index in [-0.39, 0.29) is 16.2 Å². The maximum absolute atomic E-state index is 12.8. The van der Waals surface area contributed by atoms with Gasteiger partial charge < -0.3 is 4.74 Å². The van der Waals surface area contributed by atoms with Crippen molar-refractivity contribution in [1.29, 1.82) is 0 Å². The minimum atomic E-state index is -3.64. The van der Waals surface area contributed by atoms with E-state index in [4.69, 9.17) is 4.74 Å². The zero-order chi connectivity index (χ0) is 20.1. The number of hydrogen-bond acceptors (Lipinski definition) is 5. The highest BCUT2D eigenvalue weighted by molar-refractivity contribution is 9.10. The van der Waals surface area contributed by atoms with Crippen LogP contribution in [-0.2, 0) is 14.8 Å². The Morgan fingerprint density at radius 1 is 0.964 bits per heavy atom. The van der Waals surface area contributed by atoms with Crippen LogP contribution in [0.4, 0.5) is 0 Å². The first-order chi connectivity index (χ1) is 13.4. The SMILES string of the molecule is O=C(COC(=O)c1cccc(S(=O)(=O)N2CCCCC2)c1)c1cccc(Br)c1. The van der Waals surface area contributed by atoms with E-state index >= 15 is 0 Å². The molecule has 1 heterocycles. The number of piperidine rings is 1. The van der Waals surface area contributed by atoms with Gasteiger partial charge >= 0.3 is 5.97 Å². The highest BCUT2D eigenvalue weighted by Crippen LogP contribution is 2.21. The fourth-order valence-electron chi connectivity index (χ4n) is 3.00. The zero-order valence-electron chi connectivity index (χ0n) is 15.1. The van der Waals surface area contributed by atoms with E-state index in [9.17, 15) is 18.0 Å². The predicted molar refractivity (Wildman–Crippen MR) is 108 cm³/mol. The van der Waals surface area contributed by atoms with Gasteiger partial charge in [-0.3, -0.25) is 4.79 Å². The number of rotatable bonds is 6. The van der Waals surface area contributed by atoms with Crippen molar-refractivity contribution >= 4 is 37.7 Å². The maximum Gasteiger partial charge on any atom is 0.338 e. The molecule has 0 N–H and O–H groups in total. The average molecular weight is 466 g/mol. The molecule has 0 amide bonds. The van der Waals surface area contributed by atoms with E-state index in [0.717, 1.165) is 23.7 Å². The Morgan fingerprint density at radius 3 is 2.36 bits per heavy atom. The van der Waals surface area contributed by atoms with Crippen molar-refractivity contribution in [3.05, 3.63) is 64.1 Å². The first-order valence-electron chi connectivity index (χ1n) is 8.94. The van der Waals surface area contributed by atoms with E-state index in [0.29, 0.717) is 18.7 Å². The van der Waals surface area contributed by atoms with Crippen molar-refractivity contribution in [3.63, 3.8) is 0 Å². The molecule has 8 heteroatoms. The highest BCUT2D eigenvalue weighted by Gasteiger charge is 2.26. The molecule has 2 aromatic rings. The summed E-state index contributed by atoms with van der Waals surface area (Å²) < 4.78 is 32.8. The Balaban J connectivity index is 1.69. The molecule has 0 radical (unpaired) electrons. The molecule has 3 rings (SSSR count). The second-order valence-corrected chi connectivity index (χ2v) is 9.36. The fourth-order valence-corrected chi connectivity index (χ4v) is 4.96. The lowest BCUT2D eigenvalue weighted by Gasteiger charge is -2.25. The minimum absolute atomic E-state index is 0.0576. The van der Waals surface area contributed by atoms with Gasteiger partial charge in [0.2, 0.25) is 10.0 Å². The largest absolute Gasteiger partial charge is 0.454 e. The van der Waals surface area contributed by atoms with Crippen molar-refractivity contribution in [3.8, 4) is 0 Å². The molecule has 0 aromatic heterocycles. The molecule has 1 aliphatic heterocycles. The van der Waals surface area contributed by atoms with E-state index < -0.39 is 22.6 Å². The normalized spacial score (nSPS) is 15.2. The van der Waals surface area contributed by atoms with Gasteiger partial charge in [0.15, 0.2) is 12.4 Å². The van der Waals surface area contributed by atoms with Crippen molar-refractivity contribution in [2.45, 2.75) is 24.2 Å². The number of carbonyl (C=O) groups is 2. The van der Waals surface area contributed by atoms with Crippen molar-refractivity contribution in [2.24, 2.45) is 0 Å². The molecule has 1 saturated heterocycles. The molecule has 1 fully saturated rings. The second kappa shape index (κ2) is 8.98. The van der Waals surface area contributed by atoms with Crippen molar-refractivity contribution in [2.75, 3.05) is 19.7 Å². The van der Waals surface area contributed by atoms with Crippen LogP contribution < -0.4 is 0 Å². The lowest BCUT2D eigenvalue weighted by atomic mass is 10.1. The summed E-state index contributed by atoms with van der Waals surface area (Å²) in [4.78, 5) is 24.5. The molecule has 0 atom stereocenters. The van der Waals surface area contributed by atoms with Gasteiger partial charge in [-0.05, 0) is 43.2 Å². The molecule has 1 aliphatic rings. The number of ketones is 1. The zero-order valence-corrected chi connectivity index (χ0v) is 17.5. The number of carbonyl (C=O) groups excluding carboxylic acids is 2. The molecule has 0 bridgehead atoms. The van der Waals surface area contributed by atoms with Crippen LogP contribution >= 0.6 is 15.9 Å². The number of halogens is 1. The standard InChI is InChI=1S/C20H20BrNO5S/c21-17-8-4-6-15(12-17)19(23)14-27-20(24)16-7-5-9-18(13-16)28(25,26)22-10-2-1-3-11-22/h4-9,12-13H,1-3,10-11,14H2. The number of esters is 1. The van der Waals surface area contributed by atoms with Gasteiger partial charge in [-0.1, -0.05) is 40.5 Å². The van der Waals surface area contributed by atoms with E-state index in [1.165, 1.54) is 28.6 Å². The smallest absolute Gasteiger partial charge is 0.338 e. The molecule has 2 aromatic carbocycles. The van der Waals surface area contributed by atoms with Gasteiger partial charge in [0.25, 0.3) is 0 Å². The summed E-state index contributed by atoms with van der Waals surface area (Å²) in [6.07, 6.45) is 2.68. The molecule has 0 saturated carbocycles. The van der Waals surface area contributed by atoms with Crippen LogP contribution in [0.25, 0.3) is 0 Å². The van der Waals surface area contributed by atoms with Crippen LogP contribution in [0.1, 0.15) is 40.0 Å². The highest BCUT2D eigenvalue weighted by atomic mass is 79.9. The molecule has 28 heavy (non-hydrogen) atoms. The number of ether oxygens (including phenoxy) is 1. The third-order valence-corrected chi connectivity index (χ3v) is 6.89. The third-order valence-electron chi connectivity index (χ3n) is 4.50. The van der Waals surface area contributed by atoms with E-state index in [1.54, 1.807) is 24.3 Å². The summed E-state index contributed by atoms with van der Waals surface area (Å²) >= 11 is 3.29. The molecule has 6 nitrogen and oxygen atoms in total. The summed E-state index contributed by atoms with van der Waals surface area (Å²) in [6, 6.07) is 12.5. The number of hydrogen-bond donors (Lipinski definition) is 0. The Kier molecular flexibility index (Phi) is 6.64. The Labute approximate surface area is 172 Å². The van der Waals surface area contributed by atoms with Gasteiger partial charge in [-0.25, -0.2) is 13.2 Å². The molecular weight excluding hydrogens is 446 g/mol. The summed E-state index contributed by atoms with van der Waals surface area (Å²) in [6.45, 7) is 0.550. The fraction of sp³-hybridized carbons (Fsp3) is 0.300. The maximum atomic E-state index is 12.8. The lowest BCUT2D eigenvalue weighted by molar-refractivity contribution is 0.0474. The number of nitrogens with zero attached hydrogens (tertiary/aromatic N) is 1. The van der Waals surface area contributed by atoms with Gasteiger partial charge in [-0.15, -0.1) is 0 Å². The topological polar surface area (TPSA) is 80.8 Å². The van der Waals surface area contributed by atoms with Crippen LogP contribution in [0, 0.1) is 0 Å². The van der Waals surface area contributed by atoms with Crippen LogP contribution in [0.15, 0.2) is 57.9 Å². The van der Waals surface area contributed by atoms with Crippen LogP contribution in [0.3, 0.4) is 0 Å². The monoisotopic (exact) mass is 465 g/mol. The molecular formula is C20H20BrNO5S. The third kappa shape index (κ3) is 4.87. The van der Waals surface area contributed by atoms with E-state index in [2.05, 4.69) is 15.9 Å². The van der Waals surface area contributed by atoms with Crippen molar-refractivity contribution < 1.29 is 22.7 Å². The average Bonchev–Trinajstić information content (AvgIpc) is 2.72. The van der Waals surface area contributed by atoms with Crippen LogP contribution in [0.2, 0.25) is 0 Å². The summed E-state index contributed by atoms with van der Waals surface area (Å²) in [5.41, 5.74) is 0.517. The predicted octanol–water partition coefficient (Wildman–Crippen LogP) is 3.66. The lowest BCUT2D eigenvalue weighted by Crippen LogP contribution is -2.35. The Hall–Kier alpha value is -2.03. The quantitative estimate of drug-likeness (QED) is 0.480. The van der Waals surface area contributed by atoms with Crippen molar-refractivity contribution in [1.82, 2.24) is 4.31 Å². The van der Waals surface area contributed by atoms with Crippen LogP contribution in [-0.4, -0.2) is 44.2 Å². The minimum Gasteiger partial charge on any atom is -0.454 e. The summed E-state index contributed by atoms with van der Waals surface area (Å²) in [5, 5.41) is 0. The number of benzene rings is 2. The van der Waals surface area contributed by atoms with Crippen LogP contribution in [0.5, 0.6) is 0 Å². The Morgan fingerprint density at radius 2 is 1.64 bits per heavy atom. The molecule has 0 spiro atoms. The van der Waals surface area contributed by atoms with Gasteiger partial charge in [-0.2, -0.15) is 4.31 Å². The first kappa shape index (κ1) is 20.7. The van der Waals surface area contributed by atoms with Gasteiger partial charge in [0, 0.05) is 23.1 Å². The van der Waals surface area contributed by atoms with E-state index in [1.807, 2.05) is 0 Å². The summed E-state index contributed by atoms with van der Waals surface area (Å²) in [7, 11) is -3.64. The second-order valence-electron chi connectivity index (χ2n) is 6.50. The van der Waals surface area contributed by atoms with Gasteiger partial charge in [0.05, 0.1) is 10.5 Å². The molecule has 0 aliphatic carbocycles.